The molecule has 0 aromatic heterocycles. The van der Waals surface area contributed by atoms with Gasteiger partial charge in [-0.05, 0) is 12.8 Å². The highest BCUT2D eigenvalue weighted by Crippen LogP contribution is 2.16. The molecule has 6 nitrogen and oxygen atoms in total. The summed E-state index contributed by atoms with van der Waals surface area (Å²) in [6.45, 7) is 4.58. The number of hydrogen-bond acceptors (Lipinski definition) is 7. The molecule has 0 aliphatic carbocycles. The van der Waals surface area contributed by atoms with Crippen molar-refractivity contribution >= 4 is 30.0 Å². The molecule has 2 unspecified atom stereocenters. The summed E-state index contributed by atoms with van der Waals surface area (Å²) in [4.78, 5) is 35.7. The molecule has 0 aromatic rings. The minimum atomic E-state index is -0.546. The van der Waals surface area contributed by atoms with E-state index < -0.39 is 12.1 Å². The van der Waals surface area contributed by atoms with Gasteiger partial charge in [0.05, 0.1) is 6.04 Å². The third kappa shape index (κ3) is 34.1. The Morgan fingerprint density at radius 1 is 0.556 bits per heavy atom. The minimum Gasteiger partial charge on any atom is -0.462 e. The molecule has 0 bridgehead atoms. The summed E-state index contributed by atoms with van der Waals surface area (Å²) in [5.74, 6) is 0.433. The van der Waals surface area contributed by atoms with Gasteiger partial charge in [0, 0.05) is 24.3 Å². The molecule has 0 fully saturated rings. The lowest BCUT2D eigenvalue weighted by Crippen LogP contribution is -2.29. The fourth-order valence-electron chi connectivity index (χ4n) is 5.57. The third-order valence-corrected chi connectivity index (χ3v) is 9.71. The van der Waals surface area contributed by atoms with Crippen molar-refractivity contribution in [3.05, 3.63) is 0 Å². The topological polar surface area (TPSA) is 95.7 Å². The molecular weight excluding hydrogens is 582 g/mol. The second-order valence-electron chi connectivity index (χ2n) is 13.1. The molecule has 7 heteroatoms. The highest BCUT2D eigenvalue weighted by molar-refractivity contribution is 7.99. The lowest BCUT2D eigenvalue weighted by molar-refractivity contribution is -0.157. The van der Waals surface area contributed by atoms with Gasteiger partial charge in [-0.1, -0.05) is 168 Å². The van der Waals surface area contributed by atoms with Crippen LogP contribution in [-0.2, 0) is 23.9 Å². The fraction of sp³-hybridized carbons (Fsp3) is 0.921. The summed E-state index contributed by atoms with van der Waals surface area (Å²) in [5.41, 5.74) is 5.70. The van der Waals surface area contributed by atoms with Crippen LogP contribution >= 0.6 is 11.8 Å². The van der Waals surface area contributed by atoms with E-state index in [-0.39, 0.29) is 18.5 Å². The van der Waals surface area contributed by atoms with Crippen molar-refractivity contribution in [2.75, 3.05) is 18.1 Å². The summed E-state index contributed by atoms with van der Waals surface area (Å²) < 4.78 is 11.2. The highest BCUT2D eigenvalue weighted by atomic mass is 32.2. The van der Waals surface area contributed by atoms with Gasteiger partial charge >= 0.3 is 11.9 Å². The number of nitrogens with two attached hydrogens (primary N) is 1. The Hall–Kier alpha value is -1.08. The molecule has 0 heterocycles. The highest BCUT2D eigenvalue weighted by Gasteiger charge is 2.18. The van der Waals surface area contributed by atoms with E-state index in [2.05, 4.69) is 13.8 Å². The Kier molecular flexibility index (Phi) is 34.9. The zero-order valence-corrected chi connectivity index (χ0v) is 30.5. The van der Waals surface area contributed by atoms with Gasteiger partial charge in [-0.3, -0.25) is 9.59 Å². The lowest BCUT2D eigenvalue weighted by Gasteiger charge is -2.18. The number of ether oxygens (including phenoxy) is 2. The summed E-state index contributed by atoms with van der Waals surface area (Å²) in [5, 5.41) is 0. The Morgan fingerprint density at radius 3 is 1.29 bits per heavy atom. The van der Waals surface area contributed by atoms with Crippen molar-refractivity contribution < 1.29 is 23.9 Å². The molecule has 0 aliphatic heterocycles. The van der Waals surface area contributed by atoms with Gasteiger partial charge in [0.1, 0.15) is 19.0 Å². The van der Waals surface area contributed by atoms with Crippen molar-refractivity contribution in [2.24, 2.45) is 5.73 Å². The standard InChI is InChI=1S/C38H73NO5S/c1-3-5-7-9-11-13-15-17-19-21-23-25-27-29-37(41)43-32-36(34-45-33-35(39)31-40)44-38(42)30-28-26-24-22-20-18-16-14-12-10-8-6-4-2/h31,35-36H,3-30,32-34,39H2,1-2H3. The van der Waals surface area contributed by atoms with Crippen LogP contribution in [-0.4, -0.2) is 48.5 Å². The fourth-order valence-corrected chi connectivity index (χ4v) is 6.48. The van der Waals surface area contributed by atoms with E-state index in [1.807, 2.05) is 0 Å². The van der Waals surface area contributed by atoms with Gasteiger partial charge in [-0.15, -0.1) is 0 Å². The van der Waals surface area contributed by atoms with Gasteiger partial charge in [-0.25, -0.2) is 0 Å². The molecule has 266 valence electrons. The molecule has 45 heavy (non-hydrogen) atoms. The van der Waals surface area contributed by atoms with E-state index in [0.29, 0.717) is 24.3 Å². The van der Waals surface area contributed by atoms with Gasteiger partial charge in [-0.2, -0.15) is 11.8 Å². The Bertz CT molecular complexity index is 662. The van der Waals surface area contributed by atoms with E-state index in [9.17, 15) is 14.4 Å². The van der Waals surface area contributed by atoms with Gasteiger partial charge in [0.25, 0.3) is 0 Å². The number of hydrogen-bond donors (Lipinski definition) is 1. The molecule has 0 amide bonds. The minimum absolute atomic E-state index is 0.0605. The Balaban J connectivity index is 3.98. The predicted octanol–water partition coefficient (Wildman–Crippen LogP) is 10.7. The van der Waals surface area contributed by atoms with Crippen molar-refractivity contribution in [3.8, 4) is 0 Å². The molecule has 0 spiro atoms. The molecule has 0 rings (SSSR count). The van der Waals surface area contributed by atoms with E-state index in [1.54, 1.807) is 0 Å². The second kappa shape index (κ2) is 35.8. The zero-order valence-electron chi connectivity index (χ0n) is 29.7. The molecule has 0 saturated carbocycles. The molecular formula is C38H73NO5S. The molecule has 0 saturated heterocycles. The quantitative estimate of drug-likeness (QED) is 0.0407. The zero-order chi connectivity index (χ0) is 33.1. The average Bonchev–Trinajstić information content (AvgIpc) is 3.04. The smallest absolute Gasteiger partial charge is 0.306 e. The number of esters is 2. The molecule has 0 radical (unpaired) electrons. The average molecular weight is 656 g/mol. The van der Waals surface area contributed by atoms with Crippen LogP contribution in [0.4, 0.5) is 0 Å². The van der Waals surface area contributed by atoms with E-state index in [1.165, 1.54) is 140 Å². The van der Waals surface area contributed by atoms with Crippen LogP contribution in [0, 0.1) is 0 Å². The SMILES string of the molecule is CCCCCCCCCCCCCCCC(=O)OCC(CSCC(N)C=O)OC(=O)CCCCCCCCCCCCCCC. The van der Waals surface area contributed by atoms with Gasteiger partial charge < -0.3 is 20.0 Å². The summed E-state index contributed by atoms with van der Waals surface area (Å²) in [6, 6.07) is -0.546. The molecule has 2 atom stereocenters. The van der Waals surface area contributed by atoms with Gasteiger partial charge in [0.15, 0.2) is 0 Å². The third-order valence-electron chi connectivity index (χ3n) is 8.49. The molecule has 2 N–H and O–H groups in total. The Labute approximate surface area is 282 Å². The summed E-state index contributed by atoms with van der Waals surface area (Å²) in [6.07, 6.45) is 33.9. The van der Waals surface area contributed by atoms with Crippen LogP contribution in [0.2, 0.25) is 0 Å². The van der Waals surface area contributed by atoms with Crippen LogP contribution in [0.3, 0.4) is 0 Å². The van der Waals surface area contributed by atoms with Crippen LogP contribution in [0.5, 0.6) is 0 Å². The monoisotopic (exact) mass is 656 g/mol. The van der Waals surface area contributed by atoms with Crippen LogP contribution in [0.25, 0.3) is 0 Å². The first-order chi connectivity index (χ1) is 22.0. The maximum absolute atomic E-state index is 12.5. The first kappa shape index (κ1) is 43.9. The first-order valence-electron chi connectivity index (χ1n) is 19.2. The maximum Gasteiger partial charge on any atom is 0.306 e. The van der Waals surface area contributed by atoms with Crippen LogP contribution in [0.15, 0.2) is 0 Å². The second-order valence-corrected chi connectivity index (χ2v) is 14.2. The van der Waals surface area contributed by atoms with Crippen molar-refractivity contribution in [1.82, 2.24) is 0 Å². The summed E-state index contributed by atoms with van der Waals surface area (Å²) >= 11 is 1.45. The Morgan fingerprint density at radius 2 is 0.911 bits per heavy atom. The number of thioether (sulfide) groups is 1. The van der Waals surface area contributed by atoms with Crippen LogP contribution in [0.1, 0.15) is 194 Å². The van der Waals surface area contributed by atoms with E-state index >= 15 is 0 Å². The normalized spacial score (nSPS) is 12.6. The molecule has 0 aliphatic rings. The first-order valence-corrected chi connectivity index (χ1v) is 20.3. The molecule has 0 aromatic carbocycles. The van der Waals surface area contributed by atoms with Crippen LogP contribution < -0.4 is 5.73 Å². The number of unbranched alkanes of at least 4 members (excludes halogenated alkanes) is 24. The van der Waals surface area contributed by atoms with Crippen molar-refractivity contribution in [2.45, 2.75) is 206 Å². The number of rotatable bonds is 36. The van der Waals surface area contributed by atoms with E-state index in [0.717, 1.165) is 44.8 Å². The largest absolute Gasteiger partial charge is 0.462 e. The maximum atomic E-state index is 12.5. The van der Waals surface area contributed by atoms with Crippen molar-refractivity contribution in [1.29, 1.82) is 0 Å². The number of carbonyl (C=O) groups is 3. The van der Waals surface area contributed by atoms with Gasteiger partial charge in [0.2, 0.25) is 0 Å². The number of aldehydes is 1. The predicted molar refractivity (Wildman–Crippen MR) is 193 cm³/mol. The van der Waals surface area contributed by atoms with E-state index in [4.69, 9.17) is 15.2 Å². The number of carbonyl (C=O) groups excluding carboxylic acids is 3. The lowest BCUT2D eigenvalue weighted by atomic mass is 10.0. The van der Waals surface area contributed by atoms with Crippen molar-refractivity contribution in [3.63, 3.8) is 0 Å². The summed E-state index contributed by atoms with van der Waals surface area (Å²) in [7, 11) is 0.